The SMILES string of the molecule is Cc1cccc2c1n(C(C)C(=O)O)c(=O)n2C. The zero-order valence-corrected chi connectivity index (χ0v) is 9.97. The summed E-state index contributed by atoms with van der Waals surface area (Å²) >= 11 is 0. The summed E-state index contributed by atoms with van der Waals surface area (Å²) in [5.74, 6) is -1.01. The van der Waals surface area contributed by atoms with Crippen LogP contribution in [0.25, 0.3) is 11.0 Å². The van der Waals surface area contributed by atoms with E-state index in [-0.39, 0.29) is 5.69 Å². The minimum Gasteiger partial charge on any atom is -0.480 e. The molecular formula is C12H14N2O3. The Bertz CT molecular complexity index is 652. The molecule has 0 spiro atoms. The number of hydrogen-bond donors (Lipinski definition) is 1. The summed E-state index contributed by atoms with van der Waals surface area (Å²) in [6.45, 7) is 3.38. The number of aliphatic carboxylic acids is 1. The normalized spacial score (nSPS) is 12.9. The highest BCUT2D eigenvalue weighted by Gasteiger charge is 2.21. The lowest BCUT2D eigenvalue weighted by Crippen LogP contribution is -2.28. The molecule has 0 aliphatic carbocycles. The molecule has 0 amide bonds. The Hall–Kier alpha value is -2.04. The van der Waals surface area contributed by atoms with Crippen molar-refractivity contribution in [3.63, 3.8) is 0 Å². The summed E-state index contributed by atoms with van der Waals surface area (Å²) < 4.78 is 2.80. The predicted molar refractivity (Wildman–Crippen MR) is 64.3 cm³/mol. The Morgan fingerprint density at radius 3 is 2.65 bits per heavy atom. The molecule has 1 aromatic heterocycles. The second kappa shape index (κ2) is 3.76. The number of nitrogens with zero attached hydrogens (tertiary/aromatic N) is 2. The molecule has 0 saturated carbocycles. The molecule has 0 fully saturated rings. The fourth-order valence-corrected chi connectivity index (χ4v) is 2.06. The zero-order chi connectivity index (χ0) is 12.7. The molecule has 1 N–H and O–H groups in total. The van der Waals surface area contributed by atoms with Crippen LogP contribution in [0.1, 0.15) is 18.5 Å². The van der Waals surface area contributed by atoms with Crippen LogP contribution in [0.15, 0.2) is 23.0 Å². The predicted octanol–water partition coefficient (Wildman–Crippen LogP) is 1.29. The molecule has 2 aromatic rings. The van der Waals surface area contributed by atoms with Crippen LogP contribution in [-0.2, 0) is 11.8 Å². The van der Waals surface area contributed by atoms with Crippen molar-refractivity contribution in [1.29, 1.82) is 0 Å². The second-order valence-electron chi connectivity index (χ2n) is 4.17. The van der Waals surface area contributed by atoms with Crippen LogP contribution < -0.4 is 5.69 Å². The Kier molecular flexibility index (Phi) is 2.53. The standard InChI is InChI=1S/C12H14N2O3/c1-7-5-4-6-9-10(7)14(8(2)11(15)16)12(17)13(9)3/h4-6,8H,1-3H3,(H,15,16). The summed E-state index contributed by atoms with van der Waals surface area (Å²) in [4.78, 5) is 23.1. The number of carboxylic acids is 1. The van der Waals surface area contributed by atoms with Gasteiger partial charge in [0.1, 0.15) is 6.04 Å². The summed E-state index contributed by atoms with van der Waals surface area (Å²) in [6.07, 6.45) is 0. The van der Waals surface area contributed by atoms with Crippen LogP contribution in [-0.4, -0.2) is 20.2 Å². The van der Waals surface area contributed by atoms with E-state index in [0.717, 1.165) is 11.1 Å². The van der Waals surface area contributed by atoms with E-state index in [1.807, 2.05) is 25.1 Å². The van der Waals surface area contributed by atoms with Crippen LogP contribution in [0, 0.1) is 6.92 Å². The number of rotatable bonds is 2. The van der Waals surface area contributed by atoms with Crippen LogP contribution >= 0.6 is 0 Å². The lowest BCUT2D eigenvalue weighted by molar-refractivity contribution is -0.140. The quantitative estimate of drug-likeness (QED) is 0.851. The highest BCUT2D eigenvalue weighted by Crippen LogP contribution is 2.20. The van der Waals surface area contributed by atoms with Gasteiger partial charge in [0, 0.05) is 7.05 Å². The van der Waals surface area contributed by atoms with Gasteiger partial charge in [0.2, 0.25) is 0 Å². The van der Waals surface area contributed by atoms with Gasteiger partial charge in [-0.1, -0.05) is 12.1 Å². The number of benzene rings is 1. The number of imidazole rings is 1. The molecule has 0 saturated heterocycles. The first-order valence-corrected chi connectivity index (χ1v) is 5.34. The number of para-hydroxylation sites is 1. The van der Waals surface area contributed by atoms with Gasteiger partial charge in [-0.05, 0) is 25.5 Å². The van der Waals surface area contributed by atoms with Gasteiger partial charge >= 0.3 is 11.7 Å². The number of aryl methyl sites for hydroxylation is 2. The highest BCUT2D eigenvalue weighted by molar-refractivity contribution is 5.82. The molecule has 0 aliphatic heterocycles. The van der Waals surface area contributed by atoms with Crippen LogP contribution in [0.3, 0.4) is 0 Å². The molecule has 0 aliphatic rings. The monoisotopic (exact) mass is 234 g/mol. The minimum absolute atomic E-state index is 0.302. The lowest BCUT2D eigenvalue weighted by Gasteiger charge is -2.09. The molecule has 1 unspecified atom stereocenters. The van der Waals surface area contributed by atoms with Gasteiger partial charge in [-0.15, -0.1) is 0 Å². The number of hydrogen-bond acceptors (Lipinski definition) is 2. The van der Waals surface area contributed by atoms with Gasteiger partial charge in [0.25, 0.3) is 0 Å². The van der Waals surface area contributed by atoms with E-state index in [0.29, 0.717) is 5.52 Å². The Balaban J connectivity index is 2.92. The van der Waals surface area contributed by atoms with Gasteiger partial charge in [0.05, 0.1) is 11.0 Å². The fourth-order valence-electron chi connectivity index (χ4n) is 2.06. The summed E-state index contributed by atoms with van der Waals surface area (Å²) in [6, 6.07) is 4.67. The van der Waals surface area contributed by atoms with Crippen LogP contribution in [0.5, 0.6) is 0 Å². The van der Waals surface area contributed by atoms with Crippen molar-refractivity contribution in [3.05, 3.63) is 34.2 Å². The molecule has 5 heteroatoms. The van der Waals surface area contributed by atoms with Gasteiger partial charge in [-0.25, -0.2) is 9.59 Å². The summed E-state index contributed by atoms with van der Waals surface area (Å²) in [5.41, 5.74) is 2.04. The third-order valence-electron chi connectivity index (χ3n) is 3.06. The van der Waals surface area contributed by atoms with Crippen molar-refractivity contribution in [2.75, 3.05) is 0 Å². The Labute approximate surface area is 97.9 Å². The van der Waals surface area contributed by atoms with E-state index >= 15 is 0 Å². The van der Waals surface area contributed by atoms with Crippen molar-refractivity contribution >= 4 is 17.0 Å². The summed E-state index contributed by atoms with van der Waals surface area (Å²) in [5, 5.41) is 9.05. The maximum atomic E-state index is 12.0. The van der Waals surface area contributed by atoms with E-state index in [4.69, 9.17) is 5.11 Å². The van der Waals surface area contributed by atoms with Crippen molar-refractivity contribution in [1.82, 2.24) is 9.13 Å². The molecule has 1 aromatic carbocycles. The topological polar surface area (TPSA) is 64.2 Å². The Morgan fingerprint density at radius 1 is 1.41 bits per heavy atom. The van der Waals surface area contributed by atoms with Crippen molar-refractivity contribution in [2.24, 2.45) is 7.05 Å². The molecule has 5 nitrogen and oxygen atoms in total. The molecule has 0 bridgehead atoms. The average Bonchev–Trinajstić information content (AvgIpc) is 2.53. The minimum atomic E-state index is -1.01. The van der Waals surface area contributed by atoms with E-state index in [9.17, 15) is 9.59 Å². The van der Waals surface area contributed by atoms with Gasteiger partial charge < -0.3 is 5.11 Å². The van der Waals surface area contributed by atoms with E-state index in [1.165, 1.54) is 16.1 Å². The fraction of sp³-hybridized carbons (Fsp3) is 0.333. The smallest absolute Gasteiger partial charge is 0.329 e. The third kappa shape index (κ3) is 1.54. The number of aromatic nitrogens is 2. The summed E-state index contributed by atoms with van der Waals surface area (Å²) in [7, 11) is 1.65. The van der Waals surface area contributed by atoms with Crippen molar-refractivity contribution in [2.45, 2.75) is 19.9 Å². The van der Waals surface area contributed by atoms with Gasteiger partial charge in [-0.3, -0.25) is 9.13 Å². The molecule has 2 rings (SSSR count). The molecular weight excluding hydrogens is 220 g/mol. The van der Waals surface area contributed by atoms with Crippen molar-refractivity contribution in [3.8, 4) is 0 Å². The zero-order valence-electron chi connectivity index (χ0n) is 9.97. The highest BCUT2D eigenvalue weighted by atomic mass is 16.4. The second-order valence-corrected chi connectivity index (χ2v) is 4.17. The number of carbonyl (C=O) groups is 1. The maximum Gasteiger partial charge on any atom is 0.329 e. The number of carboxylic acid groups (broad SMARTS) is 1. The molecule has 90 valence electrons. The number of fused-ring (bicyclic) bond motifs is 1. The molecule has 17 heavy (non-hydrogen) atoms. The molecule has 1 atom stereocenters. The Morgan fingerprint density at radius 2 is 2.06 bits per heavy atom. The van der Waals surface area contributed by atoms with E-state index < -0.39 is 12.0 Å². The molecule has 0 radical (unpaired) electrons. The first-order chi connectivity index (χ1) is 7.95. The van der Waals surface area contributed by atoms with E-state index in [2.05, 4.69) is 0 Å². The van der Waals surface area contributed by atoms with E-state index in [1.54, 1.807) is 7.05 Å². The van der Waals surface area contributed by atoms with Crippen molar-refractivity contribution < 1.29 is 9.90 Å². The molecule has 1 heterocycles. The van der Waals surface area contributed by atoms with Gasteiger partial charge in [0.15, 0.2) is 0 Å². The van der Waals surface area contributed by atoms with Crippen LogP contribution in [0.4, 0.5) is 0 Å². The van der Waals surface area contributed by atoms with Gasteiger partial charge in [-0.2, -0.15) is 0 Å². The largest absolute Gasteiger partial charge is 0.480 e. The third-order valence-corrected chi connectivity index (χ3v) is 3.06. The average molecular weight is 234 g/mol. The maximum absolute atomic E-state index is 12.0. The first kappa shape index (κ1) is 11.4. The van der Waals surface area contributed by atoms with Crippen LogP contribution in [0.2, 0.25) is 0 Å². The lowest BCUT2D eigenvalue weighted by atomic mass is 10.2. The first-order valence-electron chi connectivity index (χ1n) is 5.34.